The molecule has 4 rings (SSSR count). The lowest BCUT2D eigenvalue weighted by atomic mass is 10.1. The van der Waals surface area contributed by atoms with Gasteiger partial charge in [-0.05, 0) is 46.7 Å². The Morgan fingerprint density at radius 1 is 0.879 bits per heavy atom. The van der Waals surface area contributed by atoms with Crippen LogP contribution in [0.4, 0.5) is 5.69 Å². The molecule has 6 nitrogen and oxygen atoms in total. The van der Waals surface area contributed by atoms with Crippen LogP contribution in [0.15, 0.2) is 95.9 Å². The first kappa shape index (κ1) is 22.5. The van der Waals surface area contributed by atoms with Gasteiger partial charge in [-0.25, -0.2) is 8.42 Å². The molecule has 0 unspecified atom stereocenters. The molecule has 7 heteroatoms. The second kappa shape index (κ2) is 9.44. The SMILES string of the molecule is COc1ccc(C(=O)Nc2ccc3ccccc3c2)cc1S(=O)(=O)N(C)Cc1ccccc1. The number of sulfonamides is 1. The molecule has 0 spiro atoms. The Bertz CT molecular complexity index is 1400. The number of methoxy groups -OCH3 is 1. The van der Waals surface area contributed by atoms with Crippen molar-refractivity contribution in [1.82, 2.24) is 4.31 Å². The van der Waals surface area contributed by atoms with Gasteiger partial charge < -0.3 is 10.1 Å². The third-order valence-corrected chi connectivity index (χ3v) is 7.19. The van der Waals surface area contributed by atoms with E-state index in [2.05, 4.69) is 5.32 Å². The Kier molecular flexibility index (Phi) is 6.44. The molecule has 0 saturated heterocycles. The molecule has 0 aliphatic rings. The second-order valence-electron chi connectivity index (χ2n) is 7.63. The van der Waals surface area contributed by atoms with Crippen LogP contribution < -0.4 is 10.1 Å². The minimum Gasteiger partial charge on any atom is -0.495 e. The van der Waals surface area contributed by atoms with Crippen molar-refractivity contribution in [2.24, 2.45) is 0 Å². The number of carbonyl (C=O) groups excluding carboxylic acids is 1. The molecule has 33 heavy (non-hydrogen) atoms. The van der Waals surface area contributed by atoms with E-state index in [1.165, 1.54) is 30.6 Å². The first-order valence-corrected chi connectivity index (χ1v) is 11.8. The molecule has 1 N–H and O–H groups in total. The third-order valence-electron chi connectivity index (χ3n) is 5.37. The Labute approximate surface area is 193 Å². The maximum absolute atomic E-state index is 13.3. The Morgan fingerprint density at radius 2 is 1.58 bits per heavy atom. The van der Waals surface area contributed by atoms with E-state index < -0.39 is 15.9 Å². The van der Waals surface area contributed by atoms with Crippen molar-refractivity contribution in [2.75, 3.05) is 19.5 Å². The number of nitrogens with one attached hydrogen (secondary N) is 1. The molecular weight excluding hydrogens is 436 g/mol. The average molecular weight is 461 g/mol. The molecule has 1 amide bonds. The summed E-state index contributed by atoms with van der Waals surface area (Å²) in [6.45, 7) is 0.194. The highest BCUT2D eigenvalue weighted by Gasteiger charge is 2.26. The number of ether oxygens (including phenoxy) is 1. The molecule has 0 saturated carbocycles. The summed E-state index contributed by atoms with van der Waals surface area (Å²) in [5.74, 6) is -0.229. The quantitative estimate of drug-likeness (QED) is 0.425. The summed E-state index contributed by atoms with van der Waals surface area (Å²) >= 11 is 0. The summed E-state index contributed by atoms with van der Waals surface area (Å²) in [6.07, 6.45) is 0. The fourth-order valence-electron chi connectivity index (χ4n) is 3.58. The van der Waals surface area contributed by atoms with Gasteiger partial charge in [0, 0.05) is 24.8 Å². The Balaban J connectivity index is 1.61. The van der Waals surface area contributed by atoms with Crippen molar-refractivity contribution < 1.29 is 17.9 Å². The number of anilines is 1. The molecule has 0 heterocycles. The van der Waals surface area contributed by atoms with Gasteiger partial charge >= 0.3 is 0 Å². The highest BCUT2D eigenvalue weighted by atomic mass is 32.2. The molecular formula is C26H24N2O4S. The van der Waals surface area contributed by atoms with Crippen LogP contribution in [0.2, 0.25) is 0 Å². The molecule has 0 radical (unpaired) electrons. The fraction of sp³-hybridized carbons (Fsp3) is 0.115. The van der Waals surface area contributed by atoms with Crippen LogP contribution in [0.5, 0.6) is 5.75 Å². The second-order valence-corrected chi connectivity index (χ2v) is 9.64. The number of fused-ring (bicyclic) bond motifs is 1. The molecule has 0 bridgehead atoms. The van der Waals surface area contributed by atoms with E-state index in [4.69, 9.17) is 4.74 Å². The van der Waals surface area contributed by atoms with Crippen molar-refractivity contribution in [3.63, 3.8) is 0 Å². The van der Waals surface area contributed by atoms with Crippen LogP contribution in [0, 0.1) is 0 Å². The standard InChI is InChI=1S/C26H24N2O4S/c1-28(18-19-8-4-3-5-9-19)33(30,31)25-17-22(13-15-24(25)32-2)26(29)27-23-14-12-20-10-6-7-11-21(20)16-23/h3-17H,18H2,1-2H3,(H,27,29). The zero-order valence-corrected chi connectivity index (χ0v) is 19.2. The number of rotatable bonds is 7. The highest BCUT2D eigenvalue weighted by molar-refractivity contribution is 7.89. The van der Waals surface area contributed by atoms with Gasteiger partial charge in [-0.1, -0.05) is 60.7 Å². The summed E-state index contributed by atoms with van der Waals surface area (Å²) in [5.41, 5.74) is 1.70. The lowest BCUT2D eigenvalue weighted by Crippen LogP contribution is -2.27. The van der Waals surface area contributed by atoms with Crippen LogP contribution in [0.1, 0.15) is 15.9 Å². The van der Waals surface area contributed by atoms with Crippen molar-refractivity contribution >= 4 is 32.4 Å². The monoisotopic (exact) mass is 460 g/mol. The summed E-state index contributed by atoms with van der Waals surface area (Å²) in [5, 5.41) is 4.91. The predicted octanol–water partition coefficient (Wildman–Crippen LogP) is 4.92. The van der Waals surface area contributed by atoms with E-state index in [1.54, 1.807) is 6.07 Å². The van der Waals surface area contributed by atoms with Gasteiger partial charge in [0.1, 0.15) is 10.6 Å². The third kappa shape index (κ3) is 4.89. The Morgan fingerprint density at radius 3 is 2.30 bits per heavy atom. The van der Waals surface area contributed by atoms with E-state index in [-0.39, 0.29) is 22.8 Å². The molecule has 0 aliphatic heterocycles. The van der Waals surface area contributed by atoms with Crippen LogP contribution in [0.25, 0.3) is 10.8 Å². The average Bonchev–Trinajstić information content (AvgIpc) is 2.84. The van der Waals surface area contributed by atoms with E-state index in [0.717, 1.165) is 16.3 Å². The van der Waals surface area contributed by atoms with Gasteiger partial charge in [-0.15, -0.1) is 0 Å². The van der Waals surface area contributed by atoms with Crippen LogP contribution >= 0.6 is 0 Å². The molecule has 0 aliphatic carbocycles. The molecule has 4 aromatic rings. The number of nitrogens with zero attached hydrogens (tertiary/aromatic N) is 1. The first-order valence-electron chi connectivity index (χ1n) is 10.4. The lowest BCUT2D eigenvalue weighted by molar-refractivity contribution is 0.102. The predicted molar refractivity (Wildman–Crippen MR) is 130 cm³/mol. The molecule has 0 atom stereocenters. The molecule has 4 aromatic carbocycles. The topological polar surface area (TPSA) is 75.7 Å². The maximum atomic E-state index is 13.3. The minimum absolute atomic E-state index is 0.0606. The zero-order valence-electron chi connectivity index (χ0n) is 18.4. The van der Waals surface area contributed by atoms with Gasteiger partial charge in [-0.2, -0.15) is 4.31 Å². The lowest BCUT2D eigenvalue weighted by Gasteiger charge is -2.19. The number of carbonyl (C=O) groups is 1. The first-order chi connectivity index (χ1) is 15.9. The molecule has 0 fully saturated rings. The van der Waals surface area contributed by atoms with Gasteiger partial charge in [-0.3, -0.25) is 4.79 Å². The van der Waals surface area contributed by atoms with E-state index in [9.17, 15) is 13.2 Å². The van der Waals surface area contributed by atoms with Gasteiger partial charge in [0.2, 0.25) is 10.0 Å². The summed E-state index contributed by atoms with van der Waals surface area (Å²) in [6, 6.07) is 27.2. The van der Waals surface area contributed by atoms with Crippen molar-refractivity contribution in [3.8, 4) is 5.75 Å². The fourth-order valence-corrected chi connectivity index (χ4v) is 4.92. The van der Waals surface area contributed by atoms with Crippen molar-refractivity contribution in [1.29, 1.82) is 0 Å². The number of amides is 1. The number of hydrogen-bond acceptors (Lipinski definition) is 4. The van der Waals surface area contributed by atoms with Crippen LogP contribution in [0.3, 0.4) is 0 Å². The van der Waals surface area contributed by atoms with E-state index in [0.29, 0.717) is 5.69 Å². The van der Waals surface area contributed by atoms with Crippen molar-refractivity contribution in [3.05, 3.63) is 102 Å². The van der Waals surface area contributed by atoms with Gasteiger partial charge in [0.05, 0.1) is 7.11 Å². The summed E-state index contributed by atoms with van der Waals surface area (Å²) < 4.78 is 33.2. The van der Waals surface area contributed by atoms with E-state index in [1.807, 2.05) is 72.8 Å². The Hall–Kier alpha value is -3.68. The minimum atomic E-state index is -3.91. The number of benzene rings is 4. The van der Waals surface area contributed by atoms with Crippen LogP contribution in [-0.2, 0) is 16.6 Å². The molecule has 168 valence electrons. The zero-order chi connectivity index (χ0) is 23.4. The summed E-state index contributed by atoms with van der Waals surface area (Å²) in [4.78, 5) is 12.9. The largest absolute Gasteiger partial charge is 0.495 e. The smallest absolute Gasteiger partial charge is 0.255 e. The van der Waals surface area contributed by atoms with E-state index >= 15 is 0 Å². The van der Waals surface area contributed by atoms with Gasteiger partial charge in [0.25, 0.3) is 5.91 Å². The normalized spacial score (nSPS) is 11.5. The highest BCUT2D eigenvalue weighted by Crippen LogP contribution is 2.29. The van der Waals surface area contributed by atoms with Crippen LogP contribution in [-0.4, -0.2) is 32.8 Å². The van der Waals surface area contributed by atoms with Crippen molar-refractivity contribution in [2.45, 2.75) is 11.4 Å². The maximum Gasteiger partial charge on any atom is 0.255 e. The molecule has 0 aromatic heterocycles. The number of hydrogen-bond donors (Lipinski definition) is 1. The summed E-state index contributed by atoms with van der Waals surface area (Å²) in [7, 11) is -1.00. The van der Waals surface area contributed by atoms with Gasteiger partial charge in [0.15, 0.2) is 0 Å².